The Morgan fingerprint density at radius 2 is 2.15 bits per heavy atom. The summed E-state index contributed by atoms with van der Waals surface area (Å²) in [4.78, 5) is 15.8. The van der Waals surface area contributed by atoms with Crippen molar-refractivity contribution in [3.63, 3.8) is 0 Å². The second-order valence-corrected chi connectivity index (χ2v) is 8.04. The molecule has 2 aliphatic rings. The van der Waals surface area contributed by atoms with Crippen molar-refractivity contribution in [3.8, 4) is 0 Å². The van der Waals surface area contributed by atoms with Gasteiger partial charge in [0.2, 0.25) is 0 Å². The number of benzene rings is 1. The zero-order chi connectivity index (χ0) is 18.4. The van der Waals surface area contributed by atoms with Crippen LogP contribution in [0.25, 0.3) is 0 Å². The lowest BCUT2D eigenvalue weighted by molar-refractivity contribution is -0.108. The van der Waals surface area contributed by atoms with E-state index in [-0.39, 0.29) is 0 Å². The summed E-state index contributed by atoms with van der Waals surface area (Å²) in [6.45, 7) is 7.30. The maximum Gasteiger partial charge on any atom is 0.120 e. The van der Waals surface area contributed by atoms with E-state index in [4.69, 9.17) is 0 Å². The maximum absolute atomic E-state index is 10.7. The first-order chi connectivity index (χ1) is 12.7. The molecule has 2 unspecified atom stereocenters. The summed E-state index contributed by atoms with van der Waals surface area (Å²) in [5.74, 6) is 0. The summed E-state index contributed by atoms with van der Waals surface area (Å²) in [6.07, 6.45) is 12.2. The number of carbonyl (C=O) groups is 1. The SMILES string of the molecule is C=CC(CCC=O)N1CCc2ccc(CCC3CCCCN3C)cc2C1. The van der Waals surface area contributed by atoms with Crippen LogP contribution in [-0.2, 0) is 24.2 Å². The number of carbonyl (C=O) groups excluding carboxylic acids is 1. The molecule has 0 bridgehead atoms. The zero-order valence-electron chi connectivity index (χ0n) is 16.3. The van der Waals surface area contributed by atoms with Crippen LogP contribution in [0.1, 0.15) is 55.2 Å². The molecule has 3 heteroatoms. The molecule has 2 atom stereocenters. The fraction of sp³-hybridized carbons (Fsp3) is 0.609. The van der Waals surface area contributed by atoms with Gasteiger partial charge >= 0.3 is 0 Å². The minimum absolute atomic E-state index is 0.313. The number of nitrogens with zero attached hydrogens (tertiary/aromatic N) is 2. The second-order valence-electron chi connectivity index (χ2n) is 8.04. The molecule has 0 radical (unpaired) electrons. The molecule has 26 heavy (non-hydrogen) atoms. The van der Waals surface area contributed by atoms with Crippen LogP contribution in [0.4, 0.5) is 0 Å². The Balaban J connectivity index is 1.61. The third-order valence-corrected chi connectivity index (χ3v) is 6.32. The van der Waals surface area contributed by atoms with Crippen LogP contribution >= 0.6 is 0 Å². The Hall–Kier alpha value is -1.45. The Bertz CT molecular complexity index is 612. The van der Waals surface area contributed by atoms with Gasteiger partial charge in [-0.1, -0.05) is 30.7 Å². The molecule has 0 amide bonds. The molecule has 0 N–H and O–H groups in total. The van der Waals surface area contributed by atoms with Crippen LogP contribution in [-0.4, -0.2) is 48.3 Å². The van der Waals surface area contributed by atoms with Gasteiger partial charge in [0.05, 0.1) is 0 Å². The van der Waals surface area contributed by atoms with Crippen molar-refractivity contribution in [1.82, 2.24) is 9.80 Å². The van der Waals surface area contributed by atoms with E-state index < -0.39 is 0 Å². The first-order valence-electron chi connectivity index (χ1n) is 10.3. The normalized spacial score (nSPS) is 22.6. The van der Waals surface area contributed by atoms with Gasteiger partial charge in [-0.05, 0) is 68.8 Å². The van der Waals surface area contributed by atoms with Crippen molar-refractivity contribution < 1.29 is 4.79 Å². The molecule has 1 aromatic rings. The molecule has 1 saturated heterocycles. The van der Waals surface area contributed by atoms with E-state index in [1.807, 2.05) is 6.08 Å². The number of piperidine rings is 1. The van der Waals surface area contributed by atoms with E-state index in [1.165, 1.54) is 55.3 Å². The van der Waals surface area contributed by atoms with Crippen molar-refractivity contribution in [2.45, 2.75) is 70.0 Å². The van der Waals surface area contributed by atoms with E-state index in [9.17, 15) is 4.79 Å². The van der Waals surface area contributed by atoms with Crippen molar-refractivity contribution in [2.75, 3.05) is 20.1 Å². The molecule has 2 heterocycles. The zero-order valence-corrected chi connectivity index (χ0v) is 16.3. The highest BCUT2D eigenvalue weighted by molar-refractivity contribution is 5.49. The average Bonchev–Trinajstić information content (AvgIpc) is 2.67. The van der Waals surface area contributed by atoms with E-state index >= 15 is 0 Å². The molecule has 0 aromatic heterocycles. The molecule has 1 fully saturated rings. The number of aryl methyl sites for hydroxylation is 1. The van der Waals surface area contributed by atoms with Crippen molar-refractivity contribution in [2.24, 2.45) is 0 Å². The molecule has 2 aliphatic heterocycles. The van der Waals surface area contributed by atoms with Crippen LogP contribution in [0.2, 0.25) is 0 Å². The van der Waals surface area contributed by atoms with Gasteiger partial charge in [0, 0.05) is 31.6 Å². The summed E-state index contributed by atoms with van der Waals surface area (Å²) in [7, 11) is 2.28. The molecular weight excluding hydrogens is 320 g/mol. The highest BCUT2D eigenvalue weighted by Crippen LogP contribution is 2.25. The quantitative estimate of drug-likeness (QED) is 0.521. The number of rotatable bonds is 8. The molecule has 3 nitrogen and oxygen atoms in total. The average molecular weight is 355 g/mol. The van der Waals surface area contributed by atoms with Gasteiger partial charge in [0.1, 0.15) is 6.29 Å². The Morgan fingerprint density at radius 3 is 2.92 bits per heavy atom. The first-order valence-corrected chi connectivity index (χ1v) is 10.3. The van der Waals surface area contributed by atoms with Crippen LogP contribution < -0.4 is 0 Å². The molecule has 0 saturated carbocycles. The lowest BCUT2D eigenvalue weighted by Gasteiger charge is -2.34. The lowest BCUT2D eigenvalue weighted by Crippen LogP contribution is -2.38. The smallest absolute Gasteiger partial charge is 0.120 e. The molecule has 3 rings (SSSR count). The van der Waals surface area contributed by atoms with Gasteiger partial charge in [-0.3, -0.25) is 4.90 Å². The molecule has 142 valence electrons. The third kappa shape index (κ3) is 4.83. The summed E-state index contributed by atoms with van der Waals surface area (Å²) >= 11 is 0. The van der Waals surface area contributed by atoms with Crippen LogP contribution in [0, 0.1) is 0 Å². The summed E-state index contributed by atoms with van der Waals surface area (Å²) in [5, 5.41) is 0. The summed E-state index contributed by atoms with van der Waals surface area (Å²) in [6, 6.07) is 8.19. The molecule has 0 spiro atoms. The third-order valence-electron chi connectivity index (χ3n) is 6.32. The lowest BCUT2D eigenvalue weighted by atomic mass is 9.92. The Labute approximate surface area is 159 Å². The number of hydrogen-bond donors (Lipinski definition) is 0. The molecule has 0 aliphatic carbocycles. The monoisotopic (exact) mass is 354 g/mol. The number of fused-ring (bicyclic) bond motifs is 1. The molecule has 1 aromatic carbocycles. The van der Waals surface area contributed by atoms with Gasteiger partial charge in [0.15, 0.2) is 0 Å². The highest BCUT2D eigenvalue weighted by Gasteiger charge is 2.22. The van der Waals surface area contributed by atoms with Crippen molar-refractivity contribution >= 4 is 6.29 Å². The predicted octanol–water partition coefficient (Wildman–Crippen LogP) is 4.00. The van der Waals surface area contributed by atoms with E-state index in [2.05, 4.69) is 41.6 Å². The minimum atomic E-state index is 0.313. The largest absolute Gasteiger partial charge is 0.303 e. The molecular formula is C23H34N2O. The summed E-state index contributed by atoms with van der Waals surface area (Å²) < 4.78 is 0. The van der Waals surface area contributed by atoms with Crippen LogP contribution in [0.3, 0.4) is 0 Å². The van der Waals surface area contributed by atoms with Crippen molar-refractivity contribution in [1.29, 1.82) is 0 Å². The minimum Gasteiger partial charge on any atom is -0.303 e. The first kappa shape index (κ1) is 19.3. The highest BCUT2D eigenvalue weighted by atomic mass is 16.1. The second kappa shape index (κ2) is 9.48. The van der Waals surface area contributed by atoms with E-state index in [1.54, 1.807) is 0 Å². The number of likely N-dealkylation sites (tertiary alicyclic amines) is 1. The number of aldehydes is 1. The van der Waals surface area contributed by atoms with Gasteiger partial charge in [-0.15, -0.1) is 6.58 Å². The van der Waals surface area contributed by atoms with Gasteiger partial charge in [0.25, 0.3) is 0 Å². The van der Waals surface area contributed by atoms with Crippen LogP contribution in [0.5, 0.6) is 0 Å². The summed E-state index contributed by atoms with van der Waals surface area (Å²) in [5.41, 5.74) is 4.45. The van der Waals surface area contributed by atoms with E-state index in [0.29, 0.717) is 12.5 Å². The van der Waals surface area contributed by atoms with E-state index in [0.717, 1.165) is 38.3 Å². The Kier molecular flexibility index (Phi) is 7.04. The fourth-order valence-corrected chi connectivity index (χ4v) is 4.60. The number of hydrogen-bond acceptors (Lipinski definition) is 3. The maximum atomic E-state index is 10.7. The fourth-order valence-electron chi connectivity index (χ4n) is 4.60. The Morgan fingerprint density at radius 1 is 1.27 bits per heavy atom. The standard InChI is InChI=1S/C23H34N2O/c1-3-22(8-6-16-26)25-15-13-20-11-9-19(17-21(20)18-25)10-12-23-7-4-5-14-24(23)2/h3,9,11,16-17,22-23H,1,4-8,10,12-15,18H2,2H3. The van der Waals surface area contributed by atoms with Gasteiger partial charge in [-0.25, -0.2) is 0 Å². The topological polar surface area (TPSA) is 23.6 Å². The van der Waals surface area contributed by atoms with Gasteiger partial charge < -0.3 is 9.69 Å². The van der Waals surface area contributed by atoms with Crippen molar-refractivity contribution in [3.05, 3.63) is 47.5 Å². The van der Waals surface area contributed by atoms with Gasteiger partial charge in [-0.2, -0.15) is 0 Å². The predicted molar refractivity (Wildman–Crippen MR) is 108 cm³/mol. The van der Waals surface area contributed by atoms with Crippen LogP contribution in [0.15, 0.2) is 30.9 Å².